The maximum atomic E-state index is 4.37. The van der Waals surface area contributed by atoms with Gasteiger partial charge in [0, 0.05) is 7.05 Å². The van der Waals surface area contributed by atoms with Gasteiger partial charge in [-0.2, -0.15) is 14.7 Å². The maximum absolute atomic E-state index is 4.37. The summed E-state index contributed by atoms with van der Waals surface area (Å²) in [5.41, 5.74) is 1.89. The Balaban J connectivity index is 2.29. The first-order valence-electron chi connectivity index (χ1n) is 4.85. The Morgan fingerprint density at radius 1 is 1.19 bits per heavy atom. The van der Waals surface area contributed by atoms with Crippen LogP contribution in [0.2, 0.25) is 0 Å². The van der Waals surface area contributed by atoms with Crippen LogP contribution in [-0.4, -0.2) is 29.6 Å². The van der Waals surface area contributed by atoms with Gasteiger partial charge in [0.2, 0.25) is 10.8 Å². The third-order valence-corrected chi connectivity index (χ3v) is 3.14. The average molecular weight is 234 g/mol. The Kier molecular flexibility index (Phi) is 1.84. The molecule has 0 N–H and O–H groups in total. The summed E-state index contributed by atoms with van der Waals surface area (Å²) in [6.45, 7) is 3.91. The van der Waals surface area contributed by atoms with Crippen LogP contribution >= 0.6 is 11.3 Å². The number of hydrogen-bond acceptors (Lipinski definition) is 5. The highest BCUT2D eigenvalue weighted by Crippen LogP contribution is 2.21. The topological polar surface area (TPSA) is 60.9 Å². The van der Waals surface area contributed by atoms with Gasteiger partial charge in [0.05, 0.1) is 5.69 Å². The molecule has 0 aliphatic rings. The van der Waals surface area contributed by atoms with Crippen LogP contribution in [0.15, 0.2) is 6.07 Å². The molecule has 0 fully saturated rings. The van der Waals surface area contributed by atoms with E-state index in [2.05, 4.69) is 20.4 Å². The predicted octanol–water partition coefficient (Wildman–Crippen LogP) is 1.20. The smallest absolute Gasteiger partial charge is 0.235 e. The minimum Gasteiger partial charge on any atom is -0.264 e. The minimum atomic E-state index is 0.738. The van der Waals surface area contributed by atoms with Gasteiger partial charge in [0.25, 0.3) is 0 Å². The zero-order chi connectivity index (χ0) is 11.3. The van der Waals surface area contributed by atoms with Crippen LogP contribution < -0.4 is 0 Å². The summed E-state index contributed by atoms with van der Waals surface area (Å²) in [5.74, 6) is 0.738. The molecule has 16 heavy (non-hydrogen) atoms. The fourth-order valence-electron chi connectivity index (χ4n) is 1.69. The van der Waals surface area contributed by atoms with Crippen molar-refractivity contribution in [1.82, 2.24) is 29.6 Å². The second-order valence-corrected chi connectivity index (χ2v) is 4.79. The summed E-state index contributed by atoms with van der Waals surface area (Å²) in [4.78, 5) is 0.811. The third kappa shape index (κ3) is 1.25. The number of hydrogen-bond donors (Lipinski definition) is 0. The molecule has 0 saturated carbocycles. The molecule has 82 valence electrons. The van der Waals surface area contributed by atoms with Gasteiger partial charge in [0.15, 0.2) is 0 Å². The molecule has 0 aliphatic heterocycles. The number of nitrogens with zero attached hydrogens (tertiary/aromatic N) is 6. The van der Waals surface area contributed by atoms with Crippen molar-refractivity contribution in [2.45, 2.75) is 13.8 Å². The summed E-state index contributed by atoms with van der Waals surface area (Å²) in [5, 5.41) is 17.9. The largest absolute Gasteiger partial charge is 0.264 e. The molecule has 0 radical (unpaired) electrons. The van der Waals surface area contributed by atoms with Crippen LogP contribution in [0.5, 0.6) is 0 Å². The lowest BCUT2D eigenvalue weighted by Crippen LogP contribution is -1.98. The summed E-state index contributed by atoms with van der Waals surface area (Å²) in [6, 6.07) is 1.98. The second kappa shape index (κ2) is 3.11. The molecule has 3 aromatic heterocycles. The van der Waals surface area contributed by atoms with Crippen LogP contribution in [0.3, 0.4) is 0 Å². The lowest BCUT2D eigenvalue weighted by Gasteiger charge is -1.96. The Morgan fingerprint density at radius 2 is 2.00 bits per heavy atom. The van der Waals surface area contributed by atoms with Crippen LogP contribution in [0.25, 0.3) is 16.5 Å². The average Bonchev–Trinajstić information content (AvgIpc) is 2.80. The van der Waals surface area contributed by atoms with Gasteiger partial charge in [0.1, 0.15) is 10.7 Å². The molecule has 3 rings (SSSR count). The molecule has 0 bridgehead atoms. The first-order valence-corrected chi connectivity index (χ1v) is 5.66. The van der Waals surface area contributed by atoms with Crippen LogP contribution in [-0.2, 0) is 7.05 Å². The first kappa shape index (κ1) is 9.46. The van der Waals surface area contributed by atoms with Crippen molar-refractivity contribution in [2.24, 2.45) is 7.05 Å². The van der Waals surface area contributed by atoms with Crippen molar-refractivity contribution in [3.8, 4) is 11.5 Å². The molecule has 0 spiro atoms. The molecule has 6 nitrogen and oxygen atoms in total. The Morgan fingerprint density at radius 3 is 2.69 bits per heavy atom. The zero-order valence-corrected chi connectivity index (χ0v) is 9.99. The van der Waals surface area contributed by atoms with E-state index in [-0.39, 0.29) is 0 Å². The van der Waals surface area contributed by atoms with Crippen LogP contribution in [0, 0.1) is 13.8 Å². The lowest BCUT2D eigenvalue weighted by atomic mass is 10.3. The Hall–Kier alpha value is -1.76. The van der Waals surface area contributed by atoms with Crippen molar-refractivity contribution in [1.29, 1.82) is 0 Å². The van der Waals surface area contributed by atoms with Crippen molar-refractivity contribution in [3.63, 3.8) is 0 Å². The van der Waals surface area contributed by atoms with Crippen molar-refractivity contribution < 1.29 is 0 Å². The molecular formula is C9H10N6S. The molecule has 0 aliphatic carbocycles. The minimum absolute atomic E-state index is 0.738. The zero-order valence-electron chi connectivity index (χ0n) is 9.17. The molecule has 7 heteroatoms. The molecule has 0 atom stereocenters. The highest BCUT2D eigenvalue weighted by Gasteiger charge is 2.15. The summed E-state index contributed by atoms with van der Waals surface area (Å²) >= 11 is 1.53. The maximum Gasteiger partial charge on any atom is 0.235 e. The van der Waals surface area contributed by atoms with E-state index >= 15 is 0 Å². The van der Waals surface area contributed by atoms with Gasteiger partial charge in [-0.05, 0) is 19.9 Å². The van der Waals surface area contributed by atoms with Crippen molar-refractivity contribution in [3.05, 3.63) is 16.8 Å². The fourth-order valence-corrected chi connectivity index (χ4v) is 2.37. The highest BCUT2D eigenvalue weighted by atomic mass is 32.1. The fraction of sp³-hybridized carbons (Fsp3) is 0.333. The molecule has 0 amide bonds. The quantitative estimate of drug-likeness (QED) is 0.635. The summed E-state index contributed by atoms with van der Waals surface area (Å²) < 4.78 is 3.55. The third-order valence-electron chi connectivity index (χ3n) is 2.32. The van der Waals surface area contributed by atoms with Gasteiger partial charge in [-0.25, -0.2) is 0 Å². The molecular weight excluding hydrogens is 224 g/mol. The van der Waals surface area contributed by atoms with E-state index in [4.69, 9.17) is 0 Å². The van der Waals surface area contributed by atoms with Gasteiger partial charge >= 0.3 is 0 Å². The lowest BCUT2D eigenvalue weighted by molar-refractivity contribution is 0.753. The standard InChI is InChI=1S/C9H10N6S/c1-5-4-7(14(3)12-5)8-10-11-9-15(8)13-6(2)16-9/h4H,1-3H3. The second-order valence-electron chi connectivity index (χ2n) is 3.63. The van der Waals surface area contributed by atoms with Crippen molar-refractivity contribution in [2.75, 3.05) is 0 Å². The van der Waals surface area contributed by atoms with E-state index in [1.54, 1.807) is 9.20 Å². The molecule has 0 saturated heterocycles. The van der Waals surface area contributed by atoms with Crippen molar-refractivity contribution >= 4 is 16.3 Å². The van der Waals surface area contributed by atoms with E-state index < -0.39 is 0 Å². The SMILES string of the molecule is Cc1cc(-c2nnc3sc(C)nn23)n(C)n1. The molecule has 3 aromatic rings. The Labute approximate surface area is 95.5 Å². The van der Waals surface area contributed by atoms with E-state index in [0.29, 0.717) is 0 Å². The predicted molar refractivity (Wildman–Crippen MR) is 60.3 cm³/mol. The molecule has 3 heterocycles. The molecule has 0 aromatic carbocycles. The summed E-state index contributed by atoms with van der Waals surface area (Å²) in [7, 11) is 1.89. The monoisotopic (exact) mass is 234 g/mol. The van der Waals surface area contributed by atoms with E-state index in [1.165, 1.54) is 11.3 Å². The van der Waals surface area contributed by atoms with E-state index in [9.17, 15) is 0 Å². The highest BCUT2D eigenvalue weighted by molar-refractivity contribution is 7.16. The first-order chi connectivity index (χ1) is 7.65. The van der Waals surface area contributed by atoms with Crippen LogP contribution in [0.4, 0.5) is 0 Å². The molecule has 0 unspecified atom stereocenters. The van der Waals surface area contributed by atoms with Gasteiger partial charge in [-0.3, -0.25) is 4.68 Å². The number of aryl methyl sites for hydroxylation is 3. The summed E-state index contributed by atoms with van der Waals surface area (Å²) in [6.07, 6.45) is 0. The van der Waals surface area contributed by atoms with Gasteiger partial charge < -0.3 is 0 Å². The van der Waals surface area contributed by atoms with E-state index in [1.807, 2.05) is 27.0 Å². The van der Waals surface area contributed by atoms with Crippen LogP contribution in [0.1, 0.15) is 10.7 Å². The number of fused-ring (bicyclic) bond motifs is 1. The van der Waals surface area contributed by atoms with E-state index in [0.717, 1.165) is 27.2 Å². The number of rotatable bonds is 1. The van der Waals surface area contributed by atoms with Gasteiger partial charge in [-0.15, -0.1) is 10.2 Å². The Bertz CT molecular complexity index is 661. The normalized spacial score (nSPS) is 11.4. The number of aromatic nitrogens is 6. The van der Waals surface area contributed by atoms with Gasteiger partial charge in [-0.1, -0.05) is 11.3 Å².